The van der Waals surface area contributed by atoms with Gasteiger partial charge in [-0.25, -0.2) is 14.7 Å². The maximum Gasteiger partial charge on any atom is 0.301 e. The Morgan fingerprint density at radius 3 is 2.20 bits per heavy atom. The first-order chi connectivity index (χ1) is 6.79. The standard InChI is InChI=1S/C8H14N4O2S/c1-8(2,3)12-15(13,14)11-7-9-5-4-6-10-7/h4-6,12H,1-3H3,(H,9,10,11). The van der Waals surface area contributed by atoms with Gasteiger partial charge in [-0.1, -0.05) is 0 Å². The van der Waals surface area contributed by atoms with Crippen LogP contribution in [0.15, 0.2) is 18.5 Å². The van der Waals surface area contributed by atoms with Crippen LogP contribution in [0.1, 0.15) is 20.8 Å². The predicted octanol–water partition coefficient (Wildman–Crippen LogP) is 0.521. The SMILES string of the molecule is CC(C)(C)NS(=O)(=O)Nc1ncccn1. The number of hydrogen-bond donors (Lipinski definition) is 2. The molecule has 0 spiro atoms. The largest absolute Gasteiger partial charge is 0.301 e. The molecule has 0 atom stereocenters. The van der Waals surface area contributed by atoms with Crippen LogP contribution >= 0.6 is 0 Å². The second-order valence-electron chi connectivity index (χ2n) is 4.03. The molecule has 1 aromatic heterocycles. The molecule has 0 saturated carbocycles. The minimum atomic E-state index is -3.62. The van der Waals surface area contributed by atoms with Gasteiger partial charge in [-0.3, -0.25) is 0 Å². The van der Waals surface area contributed by atoms with E-state index in [1.165, 1.54) is 12.4 Å². The van der Waals surface area contributed by atoms with Crippen LogP contribution in [0.5, 0.6) is 0 Å². The Bertz CT molecular complexity index is 410. The van der Waals surface area contributed by atoms with Gasteiger partial charge in [0.2, 0.25) is 5.95 Å². The summed E-state index contributed by atoms with van der Waals surface area (Å²) < 4.78 is 27.7. The van der Waals surface area contributed by atoms with Crippen molar-refractivity contribution in [3.63, 3.8) is 0 Å². The fourth-order valence-corrected chi connectivity index (χ4v) is 2.10. The maximum atomic E-state index is 11.5. The number of nitrogens with one attached hydrogen (secondary N) is 2. The van der Waals surface area contributed by atoms with E-state index in [-0.39, 0.29) is 5.95 Å². The van der Waals surface area contributed by atoms with Gasteiger partial charge in [-0.15, -0.1) is 0 Å². The highest BCUT2D eigenvalue weighted by atomic mass is 32.2. The zero-order chi connectivity index (χ0) is 11.5. The summed E-state index contributed by atoms with van der Waals surface area (Å²) in [4.78, 5) is 7.51. The molecule has 0 aliphatic rings. The monoisotopic (exact) mass is 230 g/mol. The fourth-order valence-electron chi connectivity index (χ4n) is 0.901. The number of rotatable bonds is 3. The van der Waals surface area contributed by atoms with Crippen molar-refractivity contribution in [2.45, 2.75) is 26.3 Å². The van der Waals surface area contributed by atoms with E-state index in [0.29, 0.717) is 0 Å². The molecule has 0 bridgehead atoms. The first-order valence-corrected chi connectivity index (χ1v) is 5.86. The quantitative estimate of drug-likeness (QED) is 0.793. The van der Waals surface area contributed by atoms with E-state index in [0.717, 1.165) is 0 Å². The Labute approximate surface area is 89.3 Å². The van der Waals surface area contributed by atoms with Gasteiger partial charge in [-0.2, -0.15) is 13.1 Å². The first-order valence-electron chi connectivity index (χ1n) is 4.37. The van der Waals surface area contributed by atoms with Crippen LogP contribution in [0.4, 0.5) is 5.95 Å². The van der Waals surface area contributed by atoms with E-state index in [2.05, 4.69) is 19.4 Å². The Hall–Kier alpha value is -1.21. The molecule has 1 rings (SSSR count). The third-order valence-electron chi connectivity index (χ3n) is 1.23. The third kappa shape index (κ3) is 4.71. The van der Waals surface area contributed by atoms with Crippen LogP contribution in [0, 0.1) is 0 Å². The molecule has 6 nitrogen and oxygen atoms in total. The van der Waals surface area contributed by atoms with E-state index in [1.54, 1.807) is 26.8 Å². The van der Waals surface area contributed by atoms with Crippen molar-refractivity contribution in [1.29, 1.82) is 0 Å². The van der Waals surface area contributed by atoms with Crippen LogP contribution in [-0.2, 0) is 10.2 Å². The molecule has 84 valence electrons. The minimum absolute atomic E-state index is 0.0502. The maximum absolute atomic E-state index is 11.5. The van der Waals surface area contributed by atoms with Crippen molar-refractivity contribution in [3.8, 4) is 0 Å². The van der Waals surface area contributed by atoms with Gasteiger partial charge < -0.3 is 0 Å². The minimum Gasteiger partial charge on any atom is -0.238 e. The zero-order valence-corrected chi connectivity index (χ0v) is 9.67. The van der Waals surface area contributed by atoms with E-state index in [9.17, 15) is 8.42 Å². The summed E-state index contributed by atoms with van der Waals surface area (Å²) in [6.07, 6.45) is 2.92. The topological polar surface area (TPSA) is 84.0 Å². The number of nitrogens with zero attached hydrogens (tertiary/aromatic N) is 2. The molecular weight excluding hydrogens is 216 g/mol. The molecule has 0 saturated heterocycles. The van der Waals surface area contributed by atoms with Gasteiger partial charge in [0.05, 0.1) is 0 Å². The molecule has 0 aliphatic carbocycles. The summed E-state index contributed by atoms with van der Waals surface area (Å²) in [7, 11) is -3.62. The van der Waals surface area contributed by atoms with Crippen LogP contribution in [0.2, 0.25) is 0 Å². The Morgan fingerprint density at radius 2 is 1.73 bits per heavy atom. The van der Waals surface area contributed by atoms with Gasteiger partial charge >= 0.3 is 10.2 Å². The first kappa shape index (κ1) is 11.9. The van der Waals surface area contributed by atoms with E-state index >= 15 is 0 Å². The second-order valence-corrected chi connectivity index (χ2v) is 5.45. The van der Waals surface area contributed by atoms with Gasteiger partial charge in [0.25, 0.3) is 0 Å². The summed E-state index contributed by atoms with van der Waals surface area (Å²) in [5.41, 5.74) is -0.541. The Balaban J connectivity index is 2.74. The van der Waals surface area contributed by atoms with Crippen LogP contribution in [0.3, 0.4) is 0 Å². The van der Waals surface area contributed by atoms with Crippen molar-refractivity contribution in [2.75, 3.05) is 4.72 Å². The lowest BCUT2D eigenvalue weighted by Crippen LogP contribution is -2.43. The molecule has 0 radical (unpaired) electrons. The molecule has 2 N–H and O–H groups in total. The Kier molecular flexibility index (Phi) is 3.25. The number of aromatic nitrogens is 2. The molecule has 1 aromatic rings. The van der Waals surface area contributed by atoms with E-state index in [1.807, 2.05) is 0 Å². The predicted molar refractivity (Wildman–Crippen MR) is 57.5 cm³/mol. The molecule has 7 heteroatoms. The number of anilines is 1. The Morgan fingerprint density at radius 1 is 1.20 bits per heavy atom. The number of hydrogen-bond acceptors (Lipinski definition) is 4. The van der Waals surface area contributed by atoms with E-state index in [4.69, 9.17) is 0 Å². The van der Waals surface area contributed by atoms with Crippen LogP contribution in [0.25, 0.3) is 0 Å². The summed E-state index contributed by atoms with van der Waals surface area (Å²) in [5.74, 6) is 0.0502. The lowest BCUT2D eigenvalue weighted by Gasteiger charge is -2.20. The normalized spacial score (nSPS) is 12.5. The molecule has 0 fully saturated rings. The van der Waals surface area contributed by atoms with Crippen molar-refractivity contribution in [3.05, 3.63) is 18.5 Å². The van der Waals surface area contributed by atoms with Gasteiger partial charge in [0, 0.05) is 17.9 Å². The van der Waals surface area contributed by atoms with Crippen molar-refractivity contribution in [2.24, 2.45) is 0 Å². The van der Waals surface area contributed by atoms with Crippen molar-refractivity contribution >= 4 is 16.2 Å². The lowest BCUT2D eigenvalue weighted by molar-refractivity contribution is 0.494. The highest BCUT2D eigenvalue weighted by Crippen LogP contribution is 2.04. The molecule has 0 unspecified atom stereocenters. The lowest BCUT2D eigenvalue weighted by atomic mass is 10.1. The summed E-state index contributed by atoms with van der Waals surface area (Å²) >= 11 is 0. The van der Waals surface area contributed by atoms with E-state index < -0.39 is 15.7 Å². The third-order valence-corrected chi connectivity index (χ3v) is 2.56. The van der Waals surface area contributed by atoms with Crippen molar-refractivity contribution < 1.29 is 8.42 Å². The fraction of sp³-hybridized carbons (Fsp3) is 0.500. The molecule has 0 amide bonds. The molecular formula is C8H14N4O2S. The average molecular weight is 230 g/mol. The molecule has 15 heavy (non-hydrogen) atoms. The summed E-state index contributed by atoms with van der Waals surface area (Å²) in [6, 6.07) is 1.61. The molecule has 0 aromatic carbocycles. The van der Waals surface area contributed by atoms with Crippen LogP contribution < -0.4 is 9.44 Å². The second kappa shape index (κ2) is 4.11. The highest BCUT2D eigenvalue weighted by Gasteiger charge is 2.20. The zero-order valence-electron chi connectivity index (χ0n) is 8.85. The van der Waals surface area contributed by atoms with Gasteiger partial charge in [0.15, 0.2) is 0 Å². The smallest absolute Gasteiger partial charge is 0.238 e. The van der Waals surface area contributed by atoms with Crippen LogP contribution in [-0.4, -0.2) is 23.9 Å². The molecule has 0 aliphatic heterocycles. The summed E-state index contributed by atoms with van der Waals surface area (Å²) in [6.45, 7) is 5.24. The highest BCUT2D eigenvalue weighted by molar-refractivity contribution is 7.90. The molecule has 1 heterocycles. The summed E-state index contributed by atoms with van der Waals surface area (Å²) in [5, 5.41) is 0. The van der Waals surface area contributed by atoms with Gasteiger partial charge in [0.1, 0.15) is 0 Å². The van der Waals surface area contributed by atoms with Gasteiger partial charge in [-0.05, 0) is 26.8 Å². The average Bonchev–Trinajstić information content (AvgIpc) is 1.99. The van der Waals surface area contributed by atoms with Crippen molar-refractivity contribution in [1.82, 2.24) is 14.7 Å².